The first-order valence-electron chi connectivity index (χ1n) is 7.00. The van der Waals surface area contributed by atoms with Crippen LogP contribution in [0, 0.1) is 0 Å². The molecule has 0 aliphatic rings. The monoisotopic (exact) mass is 269 g/mol. The summed E-state index contributed by atoms with van der Waals surface area (Å²) in [4.78, 5) is 4.75. The van der Waals surface area contributed by atoms with Gasteiger partial charge in [-0.15, -0.1) is 0 Å². The van der Waals surface area contributed by atoms with Gasteiger partial charge in [-0.25, -0.2) is 4.98 Å². The summed E-state index contributed by atoms with van der Waals surface area (Å²) in [7, 11) is 0. The number of hydrogen-bond acceptors (Lipinski definition) is 3. The number of para-hydroxylation sites is 2. The molecule has 3 aromatic rings. The van der Waals surface area contributed by atoms with Crippen molar-refractivity contribution >= 4 is 11.0 Å². The third-order valence-corrected chi connectivity index (χ3v) is 3.55. The number of nitrogens with zero attached hydrogens (tertiary/aromatic N) is 2. The average molecular weight is 269 g/mol. The van der Waals surface area contributed by atoms with Crippen LogP contribution in [0.25, 0.3) is 11.0 Å². The van der Waals surface area contributed by atoms with Crippen LogP contribution in [0.2, 0.25) is 0 Å². The van der Waals surface area contributed by atoms with E-state index < -0.39 is 0 Å². The number of nitrogens with one attached hydrogen (secondary N) is 1. The van der Waals surface area contributed by atoms with Crippen LogP contribution in [-0.4, -0.2) is 9.55 Å². The van der Waals surface area contributed by atoms with E-state index in [1.54, 1.807) is 6.26 Å². The standard InChI is InChI=1S/C16H19N3O/c1-3-19-15-9-5-4-8-14(15)18-16(19)12(2)17-11-13-7-6-10-20-13/h4-10,12,17H,3,11H2,1-2H3. The fraction of sp³-hybridized carbons (Fsp3) is 0.312. The largest absolute Gasteiger partial charge is 0.468 e. The summed E-state index contributed by atoms with van der Waals surface area (Å²) in [6.07, 6.45) is 1.70. The molecule has 0 saturated heterocycles. The van der Waals surface area contributed by atoms with Gasteiger partial charge < -0.3 is 14.3 Å². The predicted molar refractivity (Wildman–Crippen MR) is 79.4 cm³/mol. The van der Waals surface area contributed by atoms with Crippen molar-refractivity contribution in [1.29, 1.82) is 0 Å². The van der Waals surface area contributed by atoms with Crippen LogP contribution in [-0.2, 0) is 13.1 Å². The van der Waals surface area contributed by atoms with Crippen molar-refractivity contribution in [3.8, 4) is 0 Å². The second-order valence-electron chi connectivity index (χ2n) is 4.88. The van der Waals surface area contributed by atoms with Crippen LogP contribution >= 0.6 is 0 Å². The topological polar surface area (TPSA) is 43.0 Å². The van der Waals surface area contributed by atoms with Gasteiger partial charge in [-0.3, -0.25) is 0 Å². The summed E-state index contributed by atoms with van der Waals surface area (Å²) < 4.78 is 7.60. The SMILES string of the molecule is CCn1c(C(C)NCc2ccco2)nc2ccccc21. The lowest BCUT2D eigenvalue weighted by molar-refractivity contribution is 0.447. The maximum atomic E-state index is 5.35. The van der Waals surface area contributed by atoms with Gasteiger partial charge in [0.25, 0.3) is 0 Å². The van der Waals surface area contributed by atoms with E-state index in [1.807, 2.05) is 18.2 Å². The van der Waals surface area contributed by atoms with Crippen molar-refractivity contribution in [2.24, 2.45) is 0 Å². The molecule has 0 aliphatic carbocycles. The van der Waals surface area contributed by atoms with Gasteiger partial charge in [0.2, 0.25) is 0 Å². The second-order valence-corrected chi connectivity index (χ2v) is 4.88. The molecule has 3 rings (SSSR count). The molecule has 0 spiro atoms. The van der Waals surface area contributed by atoms with E-state index >= 15 is 0 Å². The highest BCUT2D eigenvalue weighted by atomic mass is 16.3. The summed E-state index contributed by atoms with van der Waals surface area (Å²) in [5, 5.41) is 3.46. The molecular formula is C16H19N3O. The fourth-order valence-corrected chi connectivity index (χ4v) is 2.52. The second kappa shape index (κ2) is 5.51. The first-order chi connectivity index (χ1) is 9.79. The molecule has 1 atom stereocenters. The van der Waals surface area contributed by atoms with Gasteiger partial charge in [-0.1, -0.05) is 12.1 Å². The lowest BCUT2D eigenvalue weighted by Gasteiger charge is -2.14. The molecule has 0 amide bonds. The average Bonchev–Trinajstić information content (AvgIpc) is 3.11. The van der Waals surface area contributed by atoms with Crippen LogP contribution in [0.1, 0.15) is 31.5 Å². The van der Waals surface area contributed by atoms with Crippen molar-refractivity contribution in [2.75, 3.05) is 0 Å². The number of rotatable bonds is 5. The Labute approximate surface area is 118 Å². The minimum absolute atomic E-state index is 0.174. The molecule has 2 heterocycles. The van der Waals surface area contributed by atoms with E-state index in [4.69, 9.17) is 9.40 Å². The van der Waals surface area contributed by atoms with Gasteiger partial charge in [0.1, 0.15) is 11.6 Å². The number of aromatic nitrogens is 2. The van der Waals surface area contributed by atoms with Crippen LogP contribution < -0.4 is 5.32 Å². The third-order valence-electron chi connectivity index (χ3n) is 3.55. The first-order valence-corrected chi connectivity index (χ1v) is 7.00. The molecule has 1 aromatic carbocycles. The normalized spacial score (nSPS) is 12.9. The highest BCUT2D eigenvalue weighted by Crippen LogP contribution is 2.20. The van der Waals surface area contributed by atoms with Gasteiger partial charge in [-0.2, -0.15) is 0 Å². The van der Waals surface area contributed by atoms with Gasteiger partial charge in [0.15, 0.2) is 0 Å². The van der Waals surface area contributed by atoms with Crippen molar-refractivity contribution < 1.29 is 4.42 Å². The number of hydrogen-bond donors (Lipinski definition) is 1. The molecule has 2 aromatic heterocycles. The highest BCUT2D eigenvalue weighted by Gasteiger charge is 2.15. The molecule has 0 saturated carbocycles. The maximum Gasteiger partial charge on any atom is 0.126 e. The Bertz CT molecular complexity index is 685. The number of benzene rings is 1. The Morgan fingerprint density at radius 1 is 1.25 bits per heavy atom. The van der Waals surface area contributed by atoms with Crippen LogP contribution in [0.15, 0.2) is 47.1 Å². The fourth-order valence-electron chi connectivity index (χ4n) is 2.52. The Morgan fingerprint density at radius 2 is 2.10 bits per heavy atom. The van der Waals surface area contributed by atoms with E-state index in [2.05, 4.69) is 41.9 Å². The molecule has 0 aliphatic heterocycles. The molecule has 1 N–H and O–H groups in total. The van der Waals surface area contributed by atoms with Gasteiger partial charge in [-0.05, 0) is 38.1 Å². The lowest BCUT2D eigenvalue weighted by Crippen LogP contribution is -2.21. The zero-order chi connectivity index (χ0) is 13.9. The number of fused-ring (bicyclic) bond motifs is 1. The van der Waals surface area contributed by atoms with Crippen LogP contribution in [0.3, 0.4) is 0 Å². The van der Waals surface area contributed by atoms with Crippen molar-refractivity contribution in [1.82, 2.24) is 14.9 Å². The van der Waals surface area contributed by atoms with Gasteiger partial charge in [0, 0.05) is 6.54 Å². The maximum absolute atomic E-state index is 5.35. The minimum atomic E-state index is 0.174. The van der Waals surface area contributed by atoms with Gasteiger partial charge >= 0.3 is 0 Å². The molecule has 0 radical (unpaired) electrons. The van der Waals surface area contributed by atoms with Crippen molar-refractivity contribution in [3.05, 3.63) is 54.2 Å². The molecule has 0 bridgehead atoms. The Balaban J connectivity index is 1.85. The summed E-state index contributed by atoms with van der Waals surface area (Å²) in [5.41, 5.74) is 2.24. The number of furan rings is 1. The number of imidazole rings is 1. The quantitative estimate of drug-likeness (QED) is 0.771. The zero-order valence-electron chi connectivity index (χ0n) is 11.8. The summed E-state index contributed by atoms with van der Waals surface area (Å²) in [5.74, 6) is 2.01. The molecule has 4 heteroatoms. The Morgan fingerprint density at radius 3 is 2.85 bits per heavy atom. The Hall–Kier alpha value is -2.07. The highest BCUT2D eigenvalue weighted by molar-refractivity contribution is 5.76. The van der Waals surface area contributed by atoms with E-state index in [1.165, 1.54) is 5.52 Å². The zero-order valence-corrected chi connectivity index (χ0v) is 11.8. The molecule has 1 unspecified atom stereocenters. The van der Waals surface area contributed by atoms with Crippen LogP contribution in [0.5, 0.6) is 0 Å². The van der Waals surface area contributed by atoms with E-state index in [0.29, 0.717) is 6.54 Å². The van der Waals surface area contributed by atoms with E-state index in [-0.39, 0.29) is 6.04 Å². The smallest absolute Gasteiger partial charge is 0.126 e. The first kappa shape index (κ1) is 12.9. The molecule has 20 heavy (non-hydrogen) atoms. The van der Waals surface area contributed by atoms with Gasteiger partial charge in [0.05, 0.1) is 29.9 Å². The summed E-state index contributed by atoms with van der Waals surface area (Å²) in [6, 6.07) is 12.3. The van der Waals surface area contributed by atoms with E-state index in [0.717, 1.165) is 23.6 Å². The Kier molecular flexibility index (Phi) is 3.56. The predicted octanol–water partition coefficient (Wildman–Crippen LogP) is 3.50. The van der Waals surface area contributed by atoms with Crippen LogP contribution in [0.4, 0.5) is 0 Å². The van der Waals surface area contributed by atoms with Crippen molar-refractivity contribution in [3.63, 3.8) is 0 Å². The lowest BCUT2D eigenvalue weighted by atomic mass is 10.3. The molecule has 4 nitrogen and oxygen atoms in total. The molecule has 0 fully saturated rings. The van der Waals surface area contributed by atoms with Crippen molar-refractivity contribution in [2.45, 2.75) is 33.0 Å². The summed E-state index contributed by atoms with van der Waals surface area (Å²) >= 11 is 0. The molecule has 104 valence electrons. The minimum Gasteiger partial charge on any atom is -0.468 e. The number of aryl methyl sites for hydroxylation is 1. The third kappa shape index (κ3) is 2.34. The molecular weight excluding hydrogens is 250 g/mol. The van der Waals surface area contributed by atoms with E-state index in [9.17, 15) is 0 Å². The summed E-state index contributed by atoms with van der Waals surface area (Å²) in [6.45, 7) is 5.91.